The molecule has 5 nitrogen and oxygen atoms in total. The van der Waals surface area contributed by atoms with Gasteiger partial charge >= 0.3 is 5.97 Å². The Morgan fingerprint density at radius 1 is 1.24 bits per heavy atom. The maximum absolute atomic E-state index is 12.7. The number of benzene rings is 1. The molecule has 1 aliphatic carbocycles. The Morgan fingerprint density at radius 2 is 1.95 bits per heavy atom. The van der Waals surface area contributed by atoms with Gasteiger partial charge in [-0.25, -0.2) is 0 Å². The highest BCUT2D eigenvalue weighted by molar-refractivity contribution is 5.95. The second-order valence-electron chi connectivity index (χ2n) is 5.59. The van der Waals surface area contributed by atoms with Gasteiger partial charge in [-0.3, -0.25) is 9.59 Å². The van der Waals surface area contributed by atoms with Crippen molar-refractivity contribution in [1.82, 2.24) is 0 Å². The number of aliphatic carboxylic acids is 1. The third kappa shape index (κ3) is 4.29. The van der Waals surface area contributed by atoms with Crippen molar-refractivity contribution in [1.29, 1.82) is 0 Å². The number of hydrogen-bond donors (Lipinski definition) is 2. The van der Waals surface area contributed by atoms with E-state index in [0.717, 1.165) is 24.9 Å². The molecule has 2 unspecified atom stereocenters. The van der Waals surface area contributed by atoms with E-state index in [4.69, 9.17) is 10.8 Å². The Kier molecular flexibility index (Phi) is 5.33. The van der Waals surface area contributed by atoms with Crippen molar-refractivity contribution in [2.75, 3.05) is 11.4 Å². The molecular formula is C16H22N2O3. The minimum absolute atomic E-state index is 0.0370. The number of carboxylic acids is 1. The van der Waals surface area contributed by atoms with Gasteiger partial charge in [-0.15, -0.1) is 0 Å². The molecule has 21 heavy (non-hydrogen) atoms. The molecule has 0 saturated heterocycles. The summed E-state index contributed by atoms with van der Waals surface area (Å²) in [6.07, 6.45) is 2.95. The molecule has 0 aliphatic heterocycles. The summed E-state index contributed by atoms with van der Waals surface area (Å²) in [6.45, 7) is 0.431. The van der Waals surface area contributed by atoms with E-state index in [1.165, 1.54) is 0 Å². The fourth-order valence-corrected chi connectivity index (χ4v) is 2.82. The minimum Gasteiger partial charge on any atom is -0.481 e. The molecule has 2 rings (SSSR count). The van der Waals surface area contributed by atoms with Gasteiger partial charge in [0.2, 0.25) is 5.91 Å². The molecule has 3 N–H and O–H groups in total. The normalized spacial score (nSPS) is 21.2. The zero-order valence-electron chi connectivity index (χ0n) is 12.1. The largest absolute Gasteiger partial charge is 0.481 e. The molecule has 1 aliphatic rings. The SMILES string of the molecule is NC1CCC(C(=O)N(CCCC(=O)O)c2ccccc2)C1. The smallest absolute Gasteiger partial charge is 0.303 e. The van der Waals surface area contributed by atoms with Crippen LogP contribution in [0, 0.1) is 5.92 Å². The summed E-state index contributed by atoms with van der Waals surface area (Å²) in [5.74, 6) is -0.803. The summed E-state index contributed by atoms with van der Waals surface area (Å²) in [6, 6.07) is 9.53. The molecular weight excluding hydrogens is 268 g/mol. The molecule has 1 saturated carbocycles. The lowest BCUT2D eigenvalue weighted by atomic mass is 10.1. The van der Waals surface area contributed by atoms with Gasteiger partial charge in [0.05, 0.1) is 0 Å². The first-order chi connectivity index (χ1) is 10.1. The maximum atomic E-state index is 12.7. The number of nitrogens with zero attached hydrogens (tertiary/aromatic N) is 1. The van der Waals surface area contributed by atoms with Crippen LogP contribution in [0.3, 0.4) is 0 Å². The molecule has 5 heteroatoms. The number of anilines is 1. The van der Waals surface area contributed by atoms with Crippen LogP contribution in [-0.2, 0) is 9.59 Å². The minimum atomic E-state index is -0.835. The monoisotopic (exact) mass is 290 g/mol. The lowest BCUT2D eigenvalue weighted by Gasteiger charge is -2.25. The van der Waals surface area contributed by atoms with E-state index < -0.39 is 5.97 Å². The van der Waals surface area contributed by atoms with Crippen LogP contribution in [0.1, 0.15) is 32.1 Å². The van der Waals surface area contributed by atoms with Crippen molar-refractivity contribution in [2.45, 2.75) is 38.1 Å². The molecule has 0 radical (unpaired) electrons. The molecule has 1 aromatic rings. The van der Waals surface area contributed by atoms with E-state index >= 15 is 0 Å². The van der Waals surface area contributed by atoms with E-state index in [9.17, 15) is 9.59 Å². The summed E-state index contributed by atoms with van der Waals surface area (Å²) >= 11 is 0. The lowest BCUT2D eigenvalue weighted by Crippen LogP contribution is -2.37. The Bertz CT molecular complexity index is 490. The zero-order valence-corrected chi connectivity index (χ0v) is 12.1. The average molecular weight is 290 g/mol. The predicted molar refractivity (Wildman–Crippen MR) is 81.0 cm³/mol. The molecule has 0 aromatic heterocycles. The van der Waals surface area contributed by atoms with E-state index in [0.29, 0.717) is 13.0 Å². The van der Waals surface area contributed by atoms with Gasteiger partial charge in [-0.2, -0.15) is 0 Å². The van der Waals surface area contributed by atoms with Crippen LogP contribution in [0.25, 0.3) is 0 Å². The summed E-state index contributed by atoms with van der Waals surface area (Å²) in [5.41, 5.74) is 6.72. The highest BCUT2D eigenvalue weighted by atomic mass is 16.4. The van der Waals surface area contributed by atoms with Crippen LogP contribution in [0.2, 0.25) is 0 Å². The summed E-state index contributed by atoms with van der Waals surface area (Å²) in [7, 11) is 0. The van der Waals surface area contributed by atoms with Gasteiger partial charge in [-0.05, 0) is 37.8 Å². The topological polar surface area (TPSA) is 83.6 Å². The summed E-state index contributed by atoms with van der Waals surface area (Å²) in [5, 5.41) is 8.76. The van der Waals surface area contributed by atoms with Crippen molar-refractivity contribution in [2.24, 2.45) is 11.7 Å². The molecule has 0 heterocycles. The number of carbonyl (C=O) groups is 2. The molecule has 1 amide bonds. The fourth-order valence-electron chi connectivity index (χ4n) is 2.82. The second-order valence-corrected chi connectivity index (χ2v) is 5.59. The molecule has 0 spiro atoms. The summed E-state index contributed by atoms with van der Waals surface area (Å²) in [4.78, 5) is 25.1. The van der Waals surface area contributed by atoms with Crippen LogP contribution < -0.4 is 10.6 Å². The number of carboxylic acid groups (broad SMARTS) is 1. The third-order valence-electron chi connectivity index (χ3n) is 3.93. The van der Waals surface area contributed by atoms with Crippen LogP contribution in [0.4, 0.5) is 5.69 Å². The van der Waals surface area contributed by atoms with Crippen molar-refractivity contribution in [3.63, 3.8) is 0 Å². The number of carbonyl (C=O) groups excluding carboxylic acids is 1. The van der Waals surface area contributed by atoms with Crippen LogP contribution >= 0.6 is 0 Å². The first kappa shape index (κ1) is 15.5. The molecule has 1 aromatic carbocycles. The Hall–Kier alpha value is -1.88. The number of nitrogens with two attached hydrogens (primary N) is 1. The van der Waals surface area contributed by atoms with Gasteiger partial charge in [0.15, 0.2) is 0 Å². The molecule has 1 fully saturated rings. The van der Waals surface area contributed by atoms with E-state index in [2.05, 4.69) is 0 Å². The highest BCUT2D eigenvalue weighted by Crippen LogP contribution is 2.28. The number of amides is 1. The Labute approximate surface area is 124 Å². The van der Waals surface area contributed by atoms with Crippen LogP contribution in [-0.4, -0.2) is 29.6 Å². The molecule has 114 valence electrons. The Morgan fingerprint density at radius 3 is 2.52 bits per heavy atom. The Balaban J connectivity index is 2.07. The van der Waals surface area contributed by atoms with Crippen molar-refractivity contribution < 1.29 is 14.7 Å². The second kappa shape index (κ2) is 7.22. The number of rotatable bonds is 6. The first-order valence-corrected chi connectivity index (χ1v) is 7.41. The standard InChI is InChI=1S/C16H22N2O3/c17-13-9-8-12(11-13)16(21)18(10-4-7-15(19)20)14-5-2-1-3-6-14/h1-3,5-6,12-13H,4,7-11,17H2,(H,19,20). The molecule has 0 bridgehead atoms. The quantitative estimate of drug-likeness (QED) is 0.839. The number of para-hydroxylation sites is 1. The fraction of sp³-hybridized carbons (Fsp3) is 0.500. The van der Waals surface area contributed by atoms with Gasteiger partial charge in [0, 0.05) is 30.6 Å². The first-order valence-electron chi connectivity index (χ1n) is 7.41. The van der Waals surface area contributed by atoms with Gasteiger partial charge in [-0.1, -0.05) is 18.2 Å². The van der Waals surface area contributed by atoms with Crippen molar-refractivity contribution in [3.05, 3.63) is 30.3 Å². The van der Waals surface area contributed by atoms with Crippen LogP contribution in [0.15, 0.2) is 30.3 Å². The number of hydrogen-bond acceptors (Lipinski definition) is 3. The third-order valence-corrected chi connectivity index (χ3v) is 3.93. The lowest BCUT2D eigenvalue weighted by molar-refractivity contribution is -0.137. The summed E-state index contributed by atoms with van der Waals surface area (Å²) < 4.78 is 0. The molecule has 2 atom stereocenters. The highest BCUT2D eigenvalue weighted by Gasteiger charge is 2.31. The van der Waals surface area contributed by atoms with Gasteiger partial charge < -0.3 is 15.7 Å². The van der Waals surface area contributed by atoms with Crippen molar-refractivity contribution >= 4 is 17.6 Å². The van der Waals surface area contributed by atoms with Crippen LogP contribution in [0.5, 0.6) is 0 Å². The van der Waals surface area contributed by atoms with E-state index in [1.54, 1.807) is 4.90 Å². The van der Waals surface area contributed by atoms with Crippen molar-refractivity contribution in [3.8, 4) is 0 Å². The zero-order chi connectivity index (χ0) is 15.2. The maximum Gasteiger partial charge on any atom is 0.303 e. The average Bonchev–Trinajstić information content (AvgIpc) is 2.90. The van der Waals surface area contributed by atoms with E-state index in [-0.39, 0.29) is 24.3 Å². The predicted octanol–water partition coefficient (Wildman–Crippen LogP) is 2.01. The van der Waals surface area contributed by atoms with E-state index in [1.807, 2.05) is 30.3 Å². The van der Waals surface area contributed by atoms with Gasteiger partial charge in [0.25, 0.3) is 0 Å². The van der Waals surface area contributed by atoms with Gasteiger partial charge in [0.1, 0.15) is 0 Å².